The van der Waals surface area contributed by atoms with E-state index in [9.17, 15) is 9.90 Å². The number of aryl methyl sites for hydroxylation is 1. The fourth-order valence-corrected chi connectivity index (χ4v) is 3.02. The van der Waals surface area contributed by atoms with Crippen molar-refractivity contribution < 1.29 is 9.90 Å². The van der Waals surface area contributed by atoms with Crippen molar-refractivity contribution >= 4 is 5.91 Å². The van der Waals surface area contributed by atoms with Gasteiger partial charge in [0.2, 0.25) is 0 Å². The predicted octanol–water partition coefficient (Wildman–Crippen LogP) is 2.47. The van der Waals surface area contributed by atoms with Crippen LogP contribution in [0.25, 0.3) is 0 Å². The van der Waals surface area contributed by atoms with Crippen LogP contribution in [0.1, 0.15) is 28.5 Å². The van der Waals surface area contributed by atoms with Gasteiger partial charge in [-0.3, -0.25) is 9.48 Å². The van der Waals surface area contributed by atoms with Gasteiger partial charge in [0, 0.05) is 13.2 Å². The topological polar surface area (TPSA) is 67.2 Å². The summed E-state index contributed by atoms with van der Waals surface area (Å²) in [5, 5.41) is 18.5. The maximum atomic E-state index is 12.6. The second-order valence-electron chi connectivity index (χ2n) is 6.03. The molecule has 0 aliphatic heterocycles. The molecule has 0 aliphatic carbocycles. The molecule has 0 radical (unpaired) electrons. The molecule has 25 heavy (non-hydrogen) atoms. The van der Waals surface area contributed by atoms with Crippen LogP contribution < -0.4 is 5.32 Å². The Morgan fingerprint density at radius 3 is 2.00 bits per heavy atom. The van der Waals surface area contributed by atoms with Crippen LogP contribution in [-0.4, -0.2) is 26.8 Å². The maximum absolute atomic E-state index is 12.6. The summed E-state index contributed by atoms with van der Waals surface area (Å²) in [7, 11) is 1.71. The summed E-state index contributed by atoms with van der Waals surface area (Å²) in [5.41, 5.74) is 0.532. The van der Waals surface area contributed by atoms with Gasteiger partial charge in [0.05, 0.1) is 6.04 Å². The number of aliphatic hydroxyl groups is 1. The minimum atomic E-state index is -1.35. The number of hydrogen-bond donors (Lipinski definition) is 2. The molecule has 5 heteroatoms. The van der Waals surface area contributed by atoms with Gasteiger partial charge in [-0.15, -0.1) is 0 Å². The van der Waals surface area contributed by atoms with E-state index < -0.39 is 11.6 Å². The van der Waals surface area contributed by atoms with E-state index >= 15 is 0 Å². The Balaban J connectivity index is 1.97. The van der Waals surface area contributed by atoms with Crippen molar-refractivity contribution in [3.05, 3.63) is 89.7 Å². The minimum absolute atomic E-state index is 0.280. The van der Waals surface area contributed by atoms with Gasteiger partial charge >= 0.3 is 0 Å². The van der Waals surface area contributed by atoms with E-state index in [1.807, 2.05) is 60.7 Å². The van der Waals surface area contributed by atoms with Crippen LogP contribution >= 0.6 is 0 Å². The number of nitrogens with one attached hydrogen (secondary N) is 1. The fourth-order valence-electron chi connectivity index (χ4n) is 3.02. The number of aromatic nitrogens is 2. The molecule has 128 valence electrons. The van der Waals surface area contributed by atoms with Gasteiger partial charge in [-0.1, -0.05) is 60.7 Å². The molecule has 2 aromatic carbocycles. The summed E-state index contributed by atoms with van der Waals surface area (Å²) in [6.45, 7) is 1.80. The summed E-state index contributed by atoms with van der Waals surface area (Å²) < 4.78 is 1.51. The molecule has 0 aliphatic rings. The van der Waals surface area contributed by atoms with Crippen molar-refractivity contribution in [3.8, 4) is 0 Å². The molecule has 3 rings (SSSR count). The number of benzene rings is 2. The molecular formula is C20H21N3O2. The normalized spacial score (nSPS) is 12.6. The van der Waals surface area contributed by atoms with Crippen LogP contribution in [-0.2, 0) is 12.6 Å². The van der Waals surface area contributed by atoms with E-state index in [1.54, 1.807) is 26.2 Å². The predicted molar refractivity (Wildman–Crippen MR) is 96.0 cm³/mol. The molecule has 1 heterocycles. The van der Waals surface area contributed by atoms with E-state index in [1.165, 1.54) is 4.68 Å². The largest absolute Gasteiger partial charge is 0.378 e. The summed E-state index contributed by atoms with van der Waals surface area (Å²) in [6, 6.07) is 19.8. The number of hydrogen-bond acceptors (Lipinski definition) is 3. The van der Waals surface area contributed by atoms with Crippen LogP contribution in [0.3, 0.4) is 0 Å². The Bertz CT molecular complexity index is 804. The first-order valence-corrected chi connectivity index (χ1v) is 8.15. The van der Waals surface area contributed by atoms with Gasteiger partial charge in [-0.2, -0.15) is 5.10 Å². The van der Waals surface area contributed by atoms with E-state index in [0.717, 1.165) is 11.1 Å². The molecular weight excluding hydrogens is 314 g/mol. The molecule has 3 aromatic rings. The molecule has 1 amide bonds. The Kier molecular flexibility index (Phi) is 4.67. The van der Waals surface area contributed by atoms with E-state index in [-0.39, 0.29) is 5.91 Å². The van der Waals surface area contributed by atoms with Crippen LogP contribution in [0.2, 0.25) is 0 Å². The van der Waals surface area contributed by atoms with E-state index in [2.05, 4.69) is 10.4 Å². The Morgan fingerprint density at radius 2 is 1.56 bits per heavy atom. The summed E-state index contributed by atoms with van der Waals surface area (Å²) in [4.78, 5) is 12.6. The standard InChI is InChI=1S/C20H21N3O2/c1-15(22-19(24)18-13-14-21-23(18)2)20(25,16-9-5-3-6-10-16)17-11-7-4-8-12-17/h3-15,25H,1-2H3,(H,22,24)/t15-/m1/s1. The van der Waals surface area contributed by atoms with E-state index in [0.29, 0.717) is 5.69 Å². The number of rotatable bonds is 5. The molecule has 0 unspecified atom stereocenters. The van der Waals surface area contributed by atoms with Crippen LogP contribution in [0.15, 0.2) is 72.9 Å². The Labute approximate surface area is 146 Å². The minimum Gasteiger partial charge on any atom is -0.378 e. The highest BCUT2D eigenvalue weighted by Crippen LogP contribution is 2.33. The smallest absolute Gasteiger partial charge is 0.269 e. The molecule has 2 N–H and O–H groups in total. The Morgan fingerprint density at radius 1 is 1.04 bits per heavy atom. The lowest BCUT2D eigenvalue weighted by Crippen LogP contribution is -2.50. The number of carbonyl (C=O) groups excluding carboxylic acids is 1. The summed E-state index contributed by atoms with van der Waals surface area (Å²) >= 11 is 0. The SMILES string of the molecule is C[C@@H](NC(=O)c1ccnn1C)C(O)(c1ccccc1)c1ccccc1. The molecule has 1 atom stereocenters. The zero-order valence-corrected chi connectivity index (χ0v) is 14.3. The van der Waals surface area contributed by atoms with Crippen LogP contribution in [0.5, 0.6) is 0 Å². The zero-order chi connectivity index (χ0) is 17.9. The third kappa shape index (κ3) is 3.19. The second-order valence-corrected chi connectivity index (χ2v) is 6.03. The Hall–Kier alpha value is -2.92. The highest BCUT2D eigenvalue weighted by molar-refractivity contribution is 5.92. The van der Waals surface area contributed by atoms with E-state index in [4.69, 9.17) is 0 Å². The summed E-state index contributed by atoms with van der Waals surface area (Å²) in [5.74, 6) is -0.280. The van der Waals surface area contributed by atoms with Gasteiger partial charge in [0.1, 0.15) is 11.3 Å². The van der Waals surface area contributed by atoms with Crippen molar-refractivity contribution in [1.82, 2.24) is 15.1 Å². The molecule has 1 aromatic heterocycles. The average molecular weight is 335 g/mol. The van der Waals surface area contributed by atoms with Crippen molar-refractivity contribution in [1.29, 1.82) is 0 Å². The fraction of sp³-hybridized carbons (Fsp3) is 0.200. The van der Waals surface area contributed by atoms with Crippen molar-refractivity contribution in [3.63, 3.8) is 0 Å². The average Bonchev–Trinajstić information content (AvgIpc) is 3.08. The zero-order valence-electron chi connectivity index (χ0n) is 14.3. The molecule has 0 saturated heterocycles. The third-order valence-corrected chi connectivity index (χ3v) is 4.46. The van der Waals surface area contributed by atoms with Crippen molar-refractivity contribution in [2.24, 2.45) is 7.05 Å². The van der Waals surface area contributed by atoms with Crippen molar-refractivity contribution in [2.75, 3.05) is 0 Å². The first-order valence-electron chi connectivity index (χ1n) is 8.15. The first kappa shape index (κ1) is 16.9. The number of amides is 1. The highest BCUT2D eigenvalue weighted by atomic mass is 16.3. The van der Waals surface area contributed by atoms with Gasteiger partial charge in [-0.05, 0) is 24.1 Å². The molecule has 0 spiro atoms. The third-order valence-electron chi connectivity index (χ3n) is 4.46. The lowest BCUT2D eigenvalue weighted by molar-refractivity contribution is 0.0402. The highest BCUT2D eigenvalue weighted by Gasteiger charge is 2.38. The molecule has 0 bridgehead atoms. The van der Waals surface area contributed by atoms with Gasteiger partial charge in [0.25, 0.3) is 5.91 Å². The molecule has 0 saturated carbocycles. The van der Waals surface area contributed by atoms with Gasteiger partial charge < -0.3 is 10.4 Å². The monoisotopic (exact) mass is 335 g/mol. The lowest BCUT2D eigenvalue weighted by atomic mass is 9.81. The van der Waals surface area contributed by atoms with Crippen molar-refractivity contribution in [2.45, 2.75) is 18.6 Å². The lowest BCUT2D eigenvalue weighted by Gasteiger charge is -2.35. The quantitative estimate of drug-likeness (QED) is 0.753. The van der Waals surface area contributed by atoms with Gasteiger partial charge in [-0.25, -0.2) is 0 Å². The molecule has 5 nitrogen and oxygen atoms in total. The second kappa shape index (κ2) is 6.91. The van der Waals surface area contributed by atoms with Crippen LogP contribution in [0.4, 0.5) is 0 Å². The number of carbonyl (C=O) groups is 1. The van der Waals surface area contributed by atoms with Gasteiger partial charge in [0.15, 0.2) is 0 Å². The first-order chi connectivity index (χ1) is 12.0. The maximum Gasteiger partial charge on any atom is 0.269 e. The molecule has 0 fully saturated rings. The van der Waals surface area contributed by atoms with Crippen LogP contribution in [0, 0.1) is 0 Å². The number of nitrogens with zero attached hydrogens (tertiary/aromatic N) is 2. The summed E-state index contributed by atoms with van der Waals surface area (Å²) in [6.07, 6.45) is 1.57.